The lowest BCUT2D eigenvalue weighted by Crippen LogP contribution is -2.42. The topological polar surface area (TPSA) is 133 Å². The van der Waals surface area contributed by atoms with Crippen LogP contribution in [0.25, 0.3) is 0 Å². The molecule has 1 heterocycles. The zero-order valence-corrected chi connectivity index (χ0v) is 20.3. The van der Waals surface area contributed by atoms with E-state index in [9.17, 15) is 26.0 Å². The van der Waals surface area contributed by atoms with Crippen molar-refractivity contribution >= 4 is 26.0 Å². The predicted molar refractivity (Wildman–Crippen MR) is 122 cm³/mol. The number of carbonyl (C=O) groups excluding carboxylic acids is 1. The Morgan fingerprint density at radius 1 is 1.12 bits per heavy atom. The van der Waals surface area contributed by atoms with Gasteiger partial charge in [0.1, 0.15) is 22.1 Å². The number of halogens is 1. The molecule has 186 valence electrons. The van der Waals surface area contributed by atoms with Crippen molar-refractivity contribution in [2.24, 2.45) is 0 Å². The summed E-state index contributed by atoms with van der Waals surface area (Å²) in [5, 5.41) is 9.10. The Morgan fingerprint density at radius 3 is 2.21 bits per heavy atom. The molecule has 1 aliphatic rings. The van der Waals surface area contributed by atoms with Gasteiger partial charge in [-0.15, -0.1) is 0 Å². The third-order valence-corrected chi connectivity index (χ3v) is 10.2. The van der Waals surface area contributed by atoms with E-state index >= 15 is 0 Å². The summed E-state index contributed by atoms with van der Waals surface area (Å²) in [6.07, 6.45) is -0.798. The summed E-state index contributed by atoms with van der Waals surface area (Å²) in [5.74, 6) is -1.13. The minimum atomic E-state index is -4.05. The summed E-state index contributed by atoms with van der Waals surface area (Å²) < 4.78 is 71.2. The fraction of sp³-hybridized carbons (Fsp3) is 0.381. The molecule has 0 aliphatic carbocycles. The molecule has 0 spiro atoms. The van der Waals surface area contributed by atoms with Crippen molar-refractivity contribution in [1.29, 1.82) is 0 Å². The van der Waals surface area contributed by atoms with E-state index in [1.54, 1.807) is 0 Å². The Hall–Kier alpha value is -2.58. The van der Waals surface area contributed by atoms with Crippen LogP contribution in [0.5, 0.6) is 11.5 Å². The number of hydrogen-bond donors (Lipinski definition) is 2. The van der Waals surface area contributed by atoms with Gasteiger partial charge in [0, 0.05) is 27.2 Å². The monoisotopic (exact) mass is 515 g/mol. The smallest absolute Gasteiger partial charge is 0.281 e. The highest BCUT2D eigenvalue weighted by Gasteiger charge is 2.49. The maximum atomic E-state index is 13.5. The van der Waals surface area contributed by atoms with Crippen molar-refractivity contribution in [1.82, 2.24) is 14.1 Å². The Kier molecular flexibility index (Phi) is 7.62. The van der Waals surface area contributed by atoms with Crippen LogP contribution in [0.15, 0.2) is 48.5 Å². The van der Waals surface area contributed by atoms with Gasteiger partial charge in [-0.3, -0.25) is 10.0 Å². The average molecular weight is 516 g/mol. The van der Waals surface area contributed by atoms with E-state index in [1.165, 1.54) is 68.1 Å². The number of hydrogen-bond acceptors (Lipinski definition) is 7. The molecule has 0 saturated carbocycles. The van der Waals surface area contributed by atoms with E-state index < -0.39 is 48.7 Å². The molecule has 1 aliphatic heterocycles. The maximum absolute atomic E-state index is 13.5. The Morgan fingerprint density at radius 2 is 1.68 bits per heavy atom. The van der Waals surface area contributed by atoms with Gasteiger partial charge in [0.25, 0.3) is 10.2 Å². The Bertz CT molecular complexity index is 1230. The van der Waals surface area contributed by atoms with E-state index in [4.69, 9.17) is 9.94 Å². The second-order valence-corrected chi connectivity index (χ2v) is 12.6. The first-order chi connectivity index (χ1) is 15.9. The Balaban J connectivity index is 1.99. The SMILES string of the molecule is CN(C)S(=O)(=O)N1CCC(CC(=O)NO)(c2ccc(Oc3ccc(F)cc3)cc2)S(=O)(=O)CC1. The lowest BCUT2D eigenvalue weighted by Gasteiger charge is -2.32. The second-order valence-electron chi connectivity index (χ2n) is 8.04. The first kappa shape index (κ1) is 26.0. The number of rotatable bonds is 7. The fourth-order valence-electron chi connectivity index (χ4n) is 3.84. The quantitative estimate of drug-likeness (QED) is 0.423. The molecule has 3 rings (SSSR count). The summed E-state index contributed by atoms with van der Waals surface area (Å²) in [6.45, 7) is -0.413. The number of hydroxylamine groups is 1. The standard InChI is InChI=1S/C21H26FN3O7S2/c1-24(2)34(30,31)25-12-11-21(15-20(26)23-27,33(28,29)14-13-25)16-3-7-18(8-4-16)32-19-9-5-17(22)6-10-19/h3-10,27H,11-15H2,1-2H3,(H,23,26). The van der Waals surface area contributed by atoms with Gasteiger partial charge < -0.3 is 4.74 Å². The largest absolute Gasteiger partial charge is 0.457 e. The van der Waals surface area contributed by atoms with Crippen LogP contribution in [0.4, 0.5) is 4.39 Å². The van der Waals surface area contributed by atoms with Crippen molar-refractivity contribution in [3.05, 3.63) is 59.9 Å². The molecule has 0 aromatic heterocycles. The molecule has 10 nitrogen and oxygen atoms in total. The van der Waals surface area contributed by atoms with Crippen LogP contribution in [-0.4, -0.2) is 69.5 Å². The average Bonchev–Trinajstić information content (AvgIpc) is 2.92. The summed E-state index contributed by atoms with van der Waals surface area (Å²) in [7, 11) is -5.24. The number of ether oxygens (including phenoxy) is 1. The lowest BCUT2D eigenvalue weighted by atomic mass is 9.90. The number of nitrogens with zero attached hydrogens (tertiary/aromatic N) is 2. The van der Waals surface area contributed by atoms with Crippen molar-refractivity contribution in [3.8, 4) is 11.5 Å². The molecule has 0 bridgehead atoms. The molecule has 2 aromatic rings. The van der Waals surface area contributed by atoms with Crippen LogP contribution in [-0.2, 0) is 29.6 Å². The Labute approximate surface area is 198 Å². The van der Waals surface area contributed by atoms with Gasteiger partial charge in [-0.05, 0) is 48.4 Å². The van der Waals surface area contributed by atoms with Crippen LogP contribution in [0.2, 0.25) is 0 Å². The zero-order valence-electron chi connectivity index (χ0n) is 18.6. The zero-order chi connectivity index (χ0) is 25.1. The van der Waals surface area contributed by atoms with Gasteiger partial charge in [-0.1, -0.05) is 12.1 Å². The third kappa shape index (κ3) is 5.23. The van der Waals surface area contributed by atoms with Crippen molar-refractivity contribution < 1.29 is 36.0 Å². The molecule has 13 heteroatoms. The summed E-state index contributed by atoms with van der Waals surface area (Å²) >= 11 is 0. The number of carbonyl (C=O) groups is 1. The molecular formula is C21H26FN3O7S2. The number of benzene rings is 2. The van der Waals surface area contributed by atoms with Crippen molar-refractivity contribution in [3.63, 3.8) is 0 Å². The number of nitrogens with one attached hydrogen (secondary N) is 1. The van der Waals surface area contributed by atoms with E-state index in [0.717, 1.165) is 8.61 Å². The molecular weight excluding hydrogens is 489 g/mol. The maximum Gasteiger partial charge on any atom is 0.281 e. The molecule has 34 heavy (non-hydrogen) atoms. The minimum Gasteiger partial charge on any atom is -0.457 e. The van der Waals surface area contributed by atoms with Crippen LogP contribution in [0.1, 0.15) is 18.4 Å². The van der Waals surface area contributed by atoms with E-state index in [-0.39, 0.29) is 25.1 Å². The van der Waals surface area contributed by atoms with Gasteiger partial charge in [-0.25, -0.2) is 18.3 Å². The molecule has 1 atom stereocenters. The minimum absolute atomic E-state index is 0.147. The van der Waals surface area contributed by atoms with Crippen LogP contribution >= 0.6 is 0 Å². The predicted octanol–water partition coefficient (Wildman–Crippen LogP) is 1.64. The highest BCUT2D eigenvalue weighted by atomic mass is 32.2. The lowest BCUT2D eigenvalue weighted by molar-refractivity contribution is -0.130. The highest BCUT2D eigenvalue weighted by Crippen LogP contribution is 2.41. The molecule has 0 radical (unpaired) electrons. The number of amides is 1. The first-order valence-electron chi connectivity index (χ1n) is 10.3. The third-order valence-electron chi connectivity index (χ3n) is 5.76. The number of sulfone groups is 1. The molecule has 1 saturated heterocycles. The highest BCUT2D eigenvalue weighted by molar-refractivity contribution is 7.92. The van der Waals surface area contributed by atoms with Crippen LogP contribution in [0, 0.1) is 5.82 Å². The van der Waals surface area contributed by atoms with Crippen molar-refractivity contribution in [2.45, 2.75) is 17.6 Å². The van der Waals surface area contributed by atoms with Crippen LogP contribution in [0.3, 0.4) is 0 Å². The van der Waals surface area contributed by atoms with Gasteiger partial charge in [-0.2, -0.15) is 17.0 Å². The molecule has 1 unspecified atom stereocenters. The van der Waals surface area contributed by atoms with E-state index in [1.807, 2.05) is 0 Å². The van der Waals surface area contributed by atoms with Gasteiger partial charge >= 0.3 is 0 Å². The molecule has 2 N–H and O–H groups in total. The van der Waals surface area contributed by atoms with Crippen LogP contribution < -0.4 is 10.2 Å². The molecule has 1 fully saturated rings. The molecule has 1 amide bonds. The summed E-state index contributed by atoms with van der Waals surface area (Å²) in [4.78, 5) is 12.2. The normalized spacial score (nSPS) is 21.1. The van der Waals surface area contributed by atoms with E-state index in [0.29, 0.717) is 11.5 Å². The first-order valence-corrected chi connectivity index (χ1v) is 13.3. The summed E-state index contributed by atoms with van der Waals surface area (Å²) in [6, 6.07) is 11.3. The fourth-order valence-corrected chi connectivity index (χ4v) is 7.16. The van der Waals surface area contributed by atoms with Gasteiger partial charge in [0.2, 0.25) is 5.91 Å². The van der Waals surface area contributed by atoms with Crippen molar-refractivity contribution in [2.75, 3.05) is 32.9 Å². The van der Waals surface area contributed by atoms with Gasteiger partial charge in [0.05, 0.1) is 12.2 Å². The van der Waals surface area contributed by atoms with E-state index in [2.05, 4.69) is 0 Å². The van der Waals surface area contributed by atoms with Gasteiger partial charge in [0.15, 0.2) is 9.84 Å². The second kappa shape index (κ2) is 9.96. The molecule has 2 aromatic carbocycles. The summed E-state index contributed by atoms with van der Waals surface area (Å²) in [5.41, 5.74) is 1.73.